The minimum absolute atomic E-state index is 0.0726. The number of amides is 1. The number of likely N-dealkylation sites (tertiary alicyclic amines) is 1. The molecule has 1 fully saturated rings. The number of aromatic nitrogens is 1. The number of rotatable bonds is 3. The molecule has 0 unspecified atom stereocenters. The molecule has 2 rings (SSSR count). The maximum absolute atomic E-state index is 12.3. The maximum Gasteiger partial charge on any atom is 0.410 e. The Hall–Kier alpha value is -2.29. The first-order valence-corrected chi connectivity index (χ1v) is 7.87. The summed E-state index contributed by atoms with van der Waals surface area (Å²) in [4.78, 5) is 20.3. The Morgan fingerprint density at radius 1 is 1.57 bits per heavy atom. The zero-order valence-electron chi connectivity index (χ0n) is 14.2. The normalized spacial score (nSPS) is 17.7. The summed E-state index contributed by atoms with van der Waals surface area (Å²) in [5, 5.41) is 9.19. The van der Waals surface area contributed by atoms with Crippen molar-refractivity contribution in [1.29, 1.82) is 5.26 Å². The van der Waals surface area contributed by atoms with Crippen molar-refractivity contribution in [3.8, 4) is 6.07 Å². The van der Waals surface area contributed by atoms with Gasteiger partial charge in [-0.25, -0.2) is 9.78 Å². The van der Waals surface area contributed by atoms with Crippen LogP contribution in [0.1, 0.15) is 39.2 Å². The van der Waals surface area contributed by atoms with Crippen LogP contribution >= 0.6 is 0 Å². The Bertz CT molecular complexity index is 603. The van der Waals surface area contributed by atoms with Crippen molar-refractivity contribution in [2.75, 3.05) is 25.0 Å². The molecule has 6 nitrogen and oxygen atoms in total. The summed E-state index contributed by atoms with van der Waals surface area (Å²) in [5.74, 6) is 0.644. The van der Waals surface area contributed by atoms with Crippen molar-refractivity contribution < 1.29 is 9.53 Å². The Balaban J connectivity index is 2.06. The fraction of sp³-hybridized carbons (Fsp3) is 0.588. The van der Waals surface area contributed by atoms with Crippen LogP contribution < -0.4 is 4.90 Å². The molecule has 1 aliphatic heterocycles. The third-order valence-electron chi connectivity index (χ3n) is 3.76. The van der Waals surface area contributed by atoms with E-state index < -0.39 is 5.60 Å². The van der Waals surface area contributed by atoms with Crippen LogP contribution in [0.15, 0.2) is 18.3 Å². The number of likely N-dealkylation sites (N-methyl/N-ethyl adjacent to an activating group) is 1. The Kier molecular flexibility index (Phi) is 5.09. The first-order chi connectivity index (χ1) is 10.8. The van der Waals surface area contributed by atoms with Crippen LogP contribution in [-0.2, 0) is 4.74 Å². The van der Waals surface area contributed by atoms with Gasteiger partial charge in [0.05, 0.1) is 11.6 Å². The standard InChI is InChI=1S/C17H24N4O2/c1-17(2,3)23-16(22)21-10-6-8-14(21)12-20(4)15-13(11-18)7-5-9-19-15/h5,7,9,14H,6,8,10,12H2,1-4H3/t14-/m1/s1. The van der Waals surface area contributed by atoms with Crippen LogP contribution in [0.5, 0.6) is 0 Å². The zero-order valence-corrected chi connectivity index (χ0v) is 14.2. The summed E-state index contributed by atoms with van der Waals surface area (Å²) in [7, 11) is 1.90. The molecule has 2 heterocycles. The van der Waals surface area contributed by atoms with Crippen LogP contribution in [0.25, 0.3) is 0 Å². The summed E-state index contributed by atoms with van der Waals surface area (Å²) in [6.07, 6.45) is 3.30. The molecule has 1 saturated heterocycles. The second-order valence-electron chi connectivity index (χ2n) is 6.84. The highest BCUT2D eigenvalue weighted by molar-refractivity contribution is 5.69. The lowest BCUT2D eigenvalue weighted by Gasteiger charge is -2.31. The molecule has 0 spiro atoms. The first-order valence-electron chi connectivity index (χ1n) is 7.87. The van der Waals surface area contributed by atoms with Crippen LogP contribution in [-0.4, -0.2) is 47.8 Å². The summed E-state index contributed by atoms with van der Waals surface area (Å²) >= 11 is 0. The van der Waals surface area contributed by atoms with E-state index in [0.717, 1.165) is 12.8 Å². The lowest BCUT2D eigenvalue weighted by molar-refractivity contribution is 0.0232. The summed E-state index contributed by atoms with van der Waals surface area (Å²) < 4.78 is 5.48. The molecule has 0 bridgehead atoms. The van der Waals surface area contributed by atoms with Gasteiger partial charge in [-0.05, 0) is 45.7 Å². The van der Waals surface area contributed by atoms with Gasteiger partial charge in [0.15, 0.2) is 0 Å². The quantitative estimate of drug-likeness (QED) is 0.857. The molecule has 1 aromatic heterocycles. The second kappa shape index (κ2) is 6.86. The Morgan fingerprint density at radius 3 is 2.96 bits per heavy atom. The predicted molar refractivity (Wildman–Crippen MR) is 88.2 cm³/mol. The topological polar surface area (TPSA) is 69.5 Å². The number of carbonyl (C=O) groups is 1. The van der Waals surface area contributed by atoms with E-state index in [1.54, 1.807) is 23.2 Å². The molecular weight excluding hydrogens is 292 g/mol. The molecule has 0 N–H and O–H groups in total. The Morgan fingerprint density at radius 2 is 2.30 bits per heavy atom. The van der Waals surface area contributed by atoms with E-state index >= 15 is 0 Å². The van der Waals surface area contributed by atoms with Gasteiger partial charge in [0.25, 0.3) is 0 Å². The lowest BCUT2D eigenvalue weighted by atomic mass is 10.2. The van der Waals surface area contributed by atoms with E-state index in [4.69, 9.17) is 4.74 Å². The third-order valence-corrected chi connectivity index (χ3v) is 3.76. The monoisotopic (exact) mass is 316 g/mol. The van der Waals surface area contributed by atoms with E-state index in [-0.39, 0.29) is 12.1 Å². The van der Waals surface area contributed by atoms with Gasteiger partial charge in [0, 0.05) is 26.3 Å². The minimum atomic E-state index is -0.495. The van der Waals surface area contributed by atoms with Crippen molar-refractivity contribution in [3.63, 3.8) is 0 Å². The molecule has 0 aromatic carbocycles. The molecule has 1 amide bonds. The number of hydrogen-bond acceptors (Lipinski definition) is 5. The number of nitriles is 1. The van der Waals surface area contributed by atoms with Crippen LogP contribution in [0.4, 0.5) is 10.6 Å². The first kappa shape index (κ1) is 17.1. The number of ether oxygens (including phenoxy) is 1. The molecule has 1 aromatic rings. The molecular formula is C17H24N4O2. The van der Waals surface area contributed by atoms with Crippen LogP contribution in [0.3, 0.4) is 0 Å². The predicted octanol–water partition coefficient (Wildman–Crippen LogP) is 2.79. The average Bonchev–Trinajstić information content (AvgIpc) is 2.93. The van der Waals surface area contributed by atoms with E-state index in [2.05, 4.69) is 11.1 Å². The smallest absolute Gasteiger partial charge is 0.410 e. The maximum atomic E-state index is 12.3. The van der Waals surface area contributed by atoms with Gasteiger partial charge in [-0.15, -0.1) is 0 Å². The van der Waals surface area contributed by atoms with Gasteiger partial charge in [-0.1, -0.05) is 0 Å². The Labute approximate surface area is 137 Å². The van der Waals surface area contributed by atoms with Crippen LogP contribution in [0, 0.1) is 11.3 Å². The molecule has 1 atom stereocenters. The number of anilines is 1. The van der Waals surface area contributed by atoms with E-state index in [9.17, 15) is 10.1 Å². The fourth-order valence-corrected chi connectivity index (χ4v) is 2.78. The van der Waals surface area contributed by atoms with Gasteiger partial charge in [-0.2, -0.15) is 5.26 Å². The van der Waals surface area contributed by atoms with Gasteiger partial charge in [-0.3, -0.25) is 0 Å². The number of pyridine rings is 1. The van der Waals surface area contributed by atoms with Crippen molar-refractivity contribution in [1.82, 2.24) is 9.88 Å². The molecule has 0 radical (unpaired) electrons. The second-order valence-corrected chi connectivity index (χ2v) is 6.84. The molecule has 23 heavy (non-hydrogen) atoms. The third kappa shape index (κ3) is 4.35. The van der Waals surface area contributed by atoms with E-state index in [1.807, 2.05) is 32.7 Å². The molecule has 6 heteroatoms. The molecule has 1 aliphatic rings. The largest absolute Gasteiger partial charge is 0.444 e. The summed E-state index contributed by atoms with van der Waals surface area (Å²) in [5.41, 5.74) is 0.0438. The highest BCUT2D eigenvalue weighted by Crippen LogP contribution is 2.23. The lowest BCUT2D eigenvalue weighted by Crippen LogP contribution is -2.44. The van der Waals surface area contributed by atoms with Crippen molar-refractivity contribution in [2.24, 2.45) is 0 Å². The van der Waals surface area contributed by atoms with Gasteiger partial charge >= 0.3 is 6.09 Å². The van der Waals surface area contributed by atoms with E-state index in [0.29, 0.717) is 24.5 Å². The fourth-order valence-electron chi connectivity index (χ4n) is 2.78. The highest BCUT2D eigenvalue weighted by Gasteiger charge is 2.33. The average molecular weight is 316 g/mol. The van der Waals surface area contributed by atoms with Crippen molar-refractivity contribution in [2.45, 2.75) is 45.3 Å². The number of hydrogen-bond donors (Lipinski definition) is 0. The molecule has 0 aliphatic carbocycles. The number of carbonyl (C=O) groups excluding carboxylic acids is 1. The van der Waals surface area contributed by atoms with E-state index in [1.165, 1.54) is 0 Å². The summed E-state index contributed by atoms with van der Waals surface area (Å²) in [6.45, 7) is 6.95. The number of nitrogens with zero attached hydrogens (tertiary/aromatic N) is 4. The van der Waals surface area contributed by atoms with Gasteiger partial charge in [0.2, 0.25) is 0 Å². The molecule has 124 valence electrons. The van der Waals surface area contributed by atoms with Crippen molar-refractivity contribution >= 4 is 11.9 Å². The van der Waals surface area contributed by atoms with Crippen LogP contribution in [0.2, 0.25) is 0 Å². The summed E-state index contributed by atoms with van der Waals surface area (Å²) in [6, 6.07) is 5.73. The van der Waals surface area contributed by atoms with Gasteiger partial charge in [0.1, 0.15) is 17.5 Å². The zero-order chi connectivity index (χ0) is 17.0. The van der Waals surface area contributed by atoms with Crippen molar-refractivity contribution in [3.05, 3.63) is 23.9 Å². The highest BCUT2D eigenvalue weighted by atomic mass is 16.6. The SMILES string of the molecule is CN(C[C@H]1CCCN1C(=O)OC(C)(C)C)c1ncccc1C#N. The van der Waals surface area contributed by atoms with Gasteiger partial charge < -0.3 is 14.5 Å². The minimum Gasteiger partial charge on any atom is -0.444 e. The molecule has 0 saturated carbocycles.